The van der Waals surface area contributed by atoms with E-state index in [1.165, 1.54) is 29.2 Å². The van der Waals surface area contributed by atoms with Crippen LogP contribution < -0.4 is 15.4 Å². The molecule has 1 aromatic carbocycles. The summed E-state index contributed by atoms with van der Waals surface area (Å²) in [7, 11) is 2.82. The predicted octanol–water partition coefficient (Wildman–Crippen LogP) is 1.71. The fourth-order valence-corrected chi connectivity index (χ4v) is 6.05. The molecule has 3 amide bonds. The number of hydrogen-bond acceptors (Lipinski definition) is 11. The summed E-state index contributed by atoms with van der Waals surface area (Å²) < 4.78 is 10.6. The summed E-state index contributed by atoms with van der Waals surface area (Å²) in [4.78, 5) is 60.0. The molecule has 200 valence electrons. The van der Waals surface area contributed by atoms with E-state index < -0.39 is 29.2 Å². The van der Waals surface area contributed by atoms with E-state index in [0.29, 0.717) is 23.5 Å². The SMILES string of the molecule is CO/N=C(\C(=O)NC1C(=O)N2C(C(=O)OCc3ccc(OC)cc3)=C(CCl)CS[C@H]12)c1csc(NC=O)n1. The number of carbonyl (C=O) groups is 4. The van der Waals surface area contributed by atoms with Crippen molar-refractivity contribution in [2.45, 2.75) is 18.0 Å². The number of hydrogen-bond donors (Lipinski definition) is 2. The molecule has 0 spiro atoms. The van der Waals surface area contributed by atoms with Gasteiger partial charge in [0.05, 0.1) is 7.11 Å². The molecule has 2 atom stereocenters. The van der Waals surface area contributed by atoms with Crippen molar-refractivity contribution < 1.29 is 33.5 Å². The number of carbonyl (C=O) groups excluding carboxylic acids is 4. The number of fused-ring (bicyclic) bond motifs is 1. The zero-order valence-electron chi connectivity index (χ0n) is 20.1. The maximum absolute atomic E-state index is 13.1. The Bertz CT molecular complexity index is 1300. The lowest BCUT2D eigenvalue weighted by molar-refractivity contribution is -0.153. The largest absolute Gasteiger partial charge is 0.497 e. The molecule has 1 saturated heterocycles. The molecule has 1 unspecified atom stereocenters. The molecule has 15 heteroatoms. The van der Waals surface area contributed by atoms with Crippen molar-refractivity contribution in [1.82, 2.24) is 15.2 Å². The third kappa shape index (κ3) is 5.61. The van der Waals surface area contributed by atoms with Gasteiger partial charge < -0.3 is 24.9 Å². The smallest absolute Gasteiger partial charge is 0.355 e. The van der Waals surface area contributed by atoms with Crippen LogP contribution in [0.3, 0.4) is 0 Å². The van der Waals surface area contributed by atoms with Crippen molar-refractivity contribution in [2.24, 2.45) is 5.16 Å². The summed E-state index contributed by atoms with van der Waals surface area (Å²) in [5.41, 5.74) is 1.37. The second kappa shape index (κ2) is 12.3. The van der Waals surface area contributed by atoms with Crippen LogP contribution in [-0.4, -0.2) is 77.1 Å². The molecule has 2 aliphatic heterocycles. The first-order chi connectivity index (χ1) is 18.4. The maximum atomic E-state index is 13.1. The third-order valence-corrected chi connectivity index (χ3v) is 7.98. The molecule has 38 heavy (non-hydrogen) atoms. The molecule has 0 bridgehead atoms. The quantitative estimate of drug-likeness (QED) is 0.101. The van der Waals surface area contributed by atoms with E-state index in [-0.39, 0.29) is 34.7 Å². The first-order valence-electron chi connectivity index (χ1n) is 11.0. The molecule has 2 aromatic rings. The van der Waals surface area contributed by atoms with Crippen molar-refractivity contribution in [3.05, 3.63) is 52.2 Å². The highest BCUT2D eigenvalue weighted by Gasteiger charge is 2.54. The Balaban J connectivity index is 1.45. The number of alkyl halides is 1. The zero-order chi connectivity index (χ0) is 27.2. The number of β-lactam (4-membered cyclic amide) rings is 1. The van der Waals surface area contributed by atoms with Gasteiger partial charge in [-0.1, -0.05) is 17.3 Å². The van der Waals surface area contributed by atoms with Crippen molar-refractivity contribution in [3.63, 3.8) is 0 Å². The second-order valence-corrected chi connectivity index (χ2v) is 10.0. The molecule has 12 nitrogen and oxygen atoms in total. The average molecular weight is 580 g/mol. The van der Waals surface area contributed by atoms with Crippen molar-refractivity contribution in [2.75, 3.05) is 31.2 Å². The summed E-state index contributed by atoms with van der Waals surface area (Å²) in [6.07, 6.45) is 0.458. The van der Waals surface area contributed by atoms with Crippen LogP contribution in [0.2, 0.25) is 0 Å². The van der Waals surface area contributed by atoms with Gasteiger partial charge in [0.25, 0.3) is 11.8 Å². The Morgan fingerprint density at radius 2 is 2.05 bits per heavy atom. The summed E-state index contributed by atoms with van der Waals surface area (Å²) in [5, 5.41) is 10.00. The standard InChI is InChI=1S/C23H22ClN5O7S2/c1-34-14-5-3-12(4-6-14)8-36-22(33)18-13(7-24)9-37-21-17(20(32)29(18)21)27-19(31)16(28-35-2)15-10-38-23(26-15)25-11-30/h3-6,10-11,17,21H,7-9H2,1-2H3,(H,27,31)(H,25,26,30)/b28-16-/t17?,21-/m1/s1. The van der Waals surface area contributed by atoms with Crippen LogP contribution >= 0.6 is 34.7 Å². The molecule has 0 radical (unpaired) electrons. The third-order valence-electron chi connectivity index (χ3n) is 5.54. The van der Waals surface area contributed by atoms with E-state index in [9.17, 15) is 19.2 Å². The highest BCUT2D eigenvalue weighted by molar-refractivity contribution is 8.00. The van der Waals surface area contributed by atoms with Gasteiger partial charge in [0.1, 0.15) is 42.3 Å². The molecule has 3 heterocycles. The average Bonchev–Trinajstić information content (AvgIpc) is 3.40. The topological polar surface area (TPSA) is 149 Å². The van der Waals surface area contributed by atoms with Crippen molar-refractivity contribution in [3.8, 4) is 5.75 Å². The van der Waals surface area contributed by atoms with Crippen LogP contribution in [0.1, 0.15) is 11.3 Å². The van der Waals surface area contributed by atoms with E-state index in [1.807, 2.05) is 0 Å². The number of thiazole rings is 1. The van der Waals surface area contributed by atoms with Gasteiger partial charge in [0.15, 0.2) is 10.8 Å². The number of nitrogens with one attached hydrogen (secondary N) is 2. The lowest BCUT2D eigenvalue weighted by Gasteiger charge is -2.49. The van der Waals surface area contributed by atoms with E-state index in [2.05, 4.69) is 20.8 Å². The fraction of sp³-hybridized carbons (Fsp3) is 0.304. The van der Waals surface area contributed by atoms with Crippen LogP contribution in [0, 0.1) is 0 Å². The van der Waals surface area contributed by atoms with Gasteiger partial charge in [0, 0.05) is 17.0 Å². The Morgan fingerprint density at radius 3 is 2.71 bits per heavy atom. The number of esters is 1. The lowest BCUT2D eigenvalue weighted by atomic mass is 10.0. The van der Waals surface area contributed by atoms with Crippen molar-refractivity contribution >= 4 is 69.7 Å². The van der Waals surface area contributed by atoms with Gasteiger partial charge in [-0.2, -0.15) is 0 Å². The number of oxime groups is 1. The number of methoxy groups -OCH3 is 1. The van der Waals surface area contributed by atoms with Gasteiger partial charge in [-0.3, -0.25) is 19.3 Å². The number of halogens is 1. The van der Waals surface area contributed by atoms with Crippen LogP contribution in [0.15, 0.2) is 46.1 Å². The van der Waals surface area contributed by atoms with E-state index in [0.717, 1.165) is 16.9 Å². The number of thioether (sulfide) groups is 1. The second-order valence-electron chi connectivity index (χ2n) is 7.79. The summed E-state index contributed by atoms with van der Waals surface area (Å²) in [5.74, 6) is -0.788. The molecule has 1 fully saturated rings. The Labute approximate surface area is 230 Å². The number of amides is 3. The Hall–Kier alpha value is -3.62. The van der Waals surface area contributed by atoms with Gasteiger partial charge in [-0.05, 0) is 23.3 Å². The highest BCUT2D eigenvalue weighted by atomic mass is 35.5. The molecular weight excluding hydrogens is 558 g/mol. The minimum atomic E-state index is -0.929. The molecule has 2 N–H and O–H groups in total. The van der Waals surface area contributed by atoms with Gasteiger partial charge in [0.2, 0.25) is 6.41 Å². The van der Waals surface area contributed by atoms with Crippen LogP contribution in [0.5, 0.6) is 5.75 Å². The fourth-order valence-electron chi connectivity index (χ4n) is 3.72. The number of nitrogens with zero attached hydrogens (tertiary/aromatic N) is 3. The minimum absolute atomic E-state index is 0.00662. The predicted molar refractivity (Wildman–Crippen MR) is 141 cm³/mol. The van der Waals surface area contributed by atoms with E-state index in [1.54, 1.807) is 31.4 Å². The van der Waals surface area contributed by atoms with Crippen molar-refractivity contribution in [1.29, 1.82) is 0 Å². The van der Waals surface area contributed by atoms with Gasteiger partial charge >= 0.3 is 5.97 Å². The molecule has 4 rings (SSSR count). The molecule has 2 aliphatic rings. The van der Waals surface area contributed by atoms with Crippen LogP contribution in [-0.2, 0) is 35.4 Å². The van der Waals surface area contributed by atoms with E-state index in [4.69, 9.17) is 25.9 Å². The zero-order valence-corrected chi connectivity index (χ0v) is 22.5. The number of benzene rings is 1. The number of ether oxygens (including phenoxy) is 2. The highest BCUT2D eigenvalue weighted by Crippen LogP contribution is 2.41. The van der Waals surface area contributed by atoms with Crippen LogP contribution in [0.25, 0.3) is 0 Å². The first kappa shape index (κ1) is 27.4. The molecule has 0 aliphatic carbocycles. The van der Waals surface area contributed by atoms with Gasteiger partial charge in [-0.25, -0.2) is 9.78 Å². The Morgan fingerprint density at radius 1 is 1.29 bits per heavy atom. The lowest BCUT2D eigenvalue weighted by Crippen LogP contribution is -2.71. The number of rotatable bonds is 11. The summed E-state index contributed by atoms with van der Waals surface area (Å²) in [6.45, 7) is -0.00662. The van der Waals surface area contributed by atoms with E-state index >= 15 is 0 Å². The normalized spacial score (nSPS) is 18.8. The molecule has 1 aromatic heterocycles. The minimum Gasteiger partial charge on any atom is -0.497 e. The van der Waals surface area contributed by atoms with Gasteiger partial charge in [-0.15, -0.1) is 34.7 Å². The number of aromatic nitrogens is 1. The number of anilines is 1. The summed E-state index contributed by atoms with van der Waals surface area (Å²) >= 11 is 8.53. The molecular formula is C23H22ClN5O7S2. The monoisotopic (exact) mass is 579 g/mol. The Kier molecular flexibility index (Phi) is 8.86. The molecule has 0 saturated carbocycles. The first-order valence-corrected chi connectivity index (χ1v) is 13.5. The summed E-state index contributed by atoms with van der Waals surface area (Å²) in [6, 6.07) is 6.10. The van der Waals surface area contributed by atoms with Crippen LogP contribution in [0.4, 0.5) is 5.13 Å². The maximum Gasteiger partial charge on any atom is 0.355 e.